The van der Waals surface area contributed by atoms with Gasteiger partial charge in [0.15, 0.2) is 28.9 Å². The second kappa shape index (κ2) is 7.22. The molecule has 2 rings (SSSR count). The molecule has 28 heavy (non-hydrogen) atoms. The summed E-state index contributed by atoms with van der Waals surface area (Å²) in [5, 5.41) is 0. The van der Waals surface area contributed by atoms with Crippen LogP contribution >= 0.6 is 0 Å². The lowest BCUT2D eigenvalue weighted by Gasteiger charge is -2.21. The number of halogens is 9. The normalized spacial score (nSPS) is 12.3. The molecule has 0 saturated carbocycles. The summed E-state index contributed by atoms with van der Waals surface area (Å²) >= 11 is 0. The van der Waals surface area contributed by atoms with Gasteiger partial charge in [0, 0.05) is 12.1 Å². The van der Waals surface area contributed by atoms with Gasteiger partial charge < -0.3 is 9.16 Å². The highest BCUT2D eigenvalue weighted by atomic mass is 28.4. The lowest BCUT2D eigenvalue weighted by molar-refractivity contribution is -0.142. The van der Waals surface area contributed by atoms with E-state index in [1.165, 1.54) is 19.6 Å². The SMILES string of the molecule is C[Si](C)(C)Oc1c(F)cc(Oc2cc(F)c(C(F)(F)F)c(F)c2F)c(F)c1F. The quantitative estimate of drug-likeness (QED) is 0.309. The maximum atomic E-state index is 14.1. The van der Waals surface area contributed by atoms with E-state index in [2.05, 4.69) is 4.74 Å². The molecule has 0 aliphatic rings. The zero-order valence-corrected chi connectivity index (χ0v) is 15.4. The molecule has 0 aliphatic carbocycles. The van der Waals surface area contributed by atoms with Gasteiger partial charge in [0.2, 0.25) is 25.8 Å². The Bertz CT molecular complexity index is 920. The molecule has 12 heteroatoms. The Morgan fingerprint density at radius 1 is 0.714 bits per heavy atom. The van der Waals surface area contributed by atoms with Crippen molar-refractivity contribution in [2.45, 2.75) is 25.8 Å². The maximum Gasteiger partial charge on any atom is 0.422 e. The summed E-state index contributed by atoms with van der Waals surface area (Å²) in [6.45, 7) is 4.62. The Hall–Kier alpha value is -2.37. The third kappa shape index (κ3) is 4.37. The van der Waals surface area contributed by atoms with Crippen molar-refractivity contribution in [3.63, 3.8) is 0 Å². The molecule has 2 aromatic rings. The van der Waals surface area contributed by atoms with Gasteiger partial charge in [-0.2, -0.15) is 26.3 Å². The lowest BCUT2D eigenvalue weighted by Crippen LogP contribution is -2.30. The minimum absolute atomic E-state index is 0.209. The van der Waals surface area contributed by atoms with E-state index >= 15 is 0 Å². The highest BCUT2D eigenvalue weighted by Crippen LogP contribution is 2.40. The van der Waals surface area contributed by atoms with E-state index in [9.17, 15) is 39.5 Å². The average molecular weight is 434 g/mol. The van der Waals surface area contributed by atoms with Crippen LogP contribution in [-0.4, -0.2) is 8.32 Å². The van der Waals surface area contributed by atoms with Gasteiger partial charge in [-0.15, -0.1) is 0 Å². The van der Waals surface area contributed by atoms with Crippen LogP contribution in [0.15, 0.2) is 12.1 Å². The lowest BCUT2D eigenvalue weighted by atomic mass is 10.1. The van der Waals surface area contributed by atoms with Crippen molar-refractivity contribution in [3.05, 3.63) is 52.6 Å². The summed E-state index contributed by atoms with van der Waals surface area (Å²) in [6.07, 6.45) is -5.56. The first-order valence-electron chi connectivity index (χ1n) is 7.42. The first kappa shape index (κ1) is 21.9. The third-order valence-electron chi connectivity index (χ3n) is 3.12. The summed E-state index contributed by atoms with van der Waals surface area (Å²) in [5.41, 5.74) is -2.53. The molecular weight excluding hydrogens is 423 g/mol. The highest BCUT2D eigenvalue weighted by molar-refractivity contribution is 6.70. The monoisotopic (exact) mass is 434 g/mol. The van der Waals surface area contributed by atoms with Crippen molar-refractivity contribution >= 4 is 8.32 Å². The van der Waals surface area contributed by atoms with Crippen molar-refractivity contribution in [2.24, 2.45) is 0 Å². The average Bonchev–Trinajstić information content (AvgIpc) is 2.51. The van der Waals surface area contributed by atoms with Crippen molar-refractivity contribution in [2.75, 3.05) is 0 Å². The number of rotatable bonds is 4. The highest BCUT2D eigenvalue weighted by Gasteiger charge is 2.40. The van der Waals surface area contributed by atoms with E-state index in [4.69, 9.17) is 4.43 Å². The first-order chi connectivity index (χ1) is 12.6. The fourth-order valence-corrected chi connectivity index (χ4v) is 2.86. The van der Waals surface area contributed by atoms with Crippen LogP contribution in [0, 0.1) is 34.9 Å². The van der Waals surface area contributed by atoms with E-state index in [1.807, 2.05) is 0 Å². The van der Waals surface area contributed by atoms with Crippen LogP contribution in [0.4, 0.5) is 39.5 Å². The van der Waals surface area contributed by atoms with Gasteiger partial charge in [-0.05, 0) is 19.6 Å². The first-order valence-corrected chi connectivity index (χ1v) is 10.8. The fourth-order valence-electron chi connectivity index (χ4n) is 2.06. The van der Waals surface area contributed by atoms with Crippen LogP contribution in [0.3, 0.4) is 0 Å². The summed E-state index contributed by atoms with van der Waals surface area (Å²) in [6, 6.07) is -0.0101. The molecule has 0 N–H and O–H groups in total. The number of alkyl halides is 3. The molecule has 0 bridgehead atoms. The smallest absolute Gasteiger partial charge is 0.422 e. The van der Waals surface area contributed by atoms with Crippen molar-refractivity contribution in [3.8, 4) is 17.2 Å². The predicted octanol–water partition coefficient (Wildman–Crippen LogP) is 6.55. The summed E-state index contributed by atoms with van der Waals surface area (Å²) < 4.78 is 130. The van der Waals surface area contributed by atoms with Gasteiger partial charge in [0.25, 0.3) is 0 Å². The van der Waals surface area contributed by atoms with Crippen LogP contribution in [-0.2, 0) is 6.18 Å². The summed E-state index contributed by atoms with van der Waals surface area (Å²) in [4.78, 5) is 0. The van der Waals surface area contributed by atoms with Crippen LogP contribution in [0.5, 0.6) is 17.2 Å². The Labute approximate surface area is 153 Å². The molecular formula is C16H11F9O2Si. The van der Waals surface area contributed by atoms with E-state index in [-0.39, 0.29) is 12.1 Å². The zero-order valence-electron chi connectivity index (χ0n) is 14.4. The van der Waals surface area contributed by atoms with Gasteiger partial charge >= 0.3 is 6.18 Å². The third-order valence-corrected chi connectivity index (χ3v) is 3.94. The second-order valence-corrected chi connectivity index (χ2v) is 10.9. The molecule has 2 nitrogen and oxygen atoms in total. The van der Waals surface area contributed by atoms with E-state index in [0.29, 0.717) is 0 Å². The Morgan fingerprint density at radius 2 is 1.18 bits per heavy atom. The van der Waals surface area contributed by atoms with E-state index < -0.39 is 72.2 Å². The standard InChI is InChI=1S/C16H11F9O2Si/c1-28(2,3)27-15-7(18)5-9(12(20)14(15)22)26-8-4-6(17)10(16(23,24)25)13(21)11(8)19/h4-5H,1-3H3. The zero-order chi connectivity index (χ0) is 21.6. The number of hydrogen-bond acceptors (Lipinski definition) is 2. The van der Waals surface area contributed by atoms with Crippen LogP contribution in [0.25, 0.3) is 0 Å². The van der Waals surface area contributed by atoms with Crippen molar-refractivity contribution in [1.82, 2.24) is 0 Å². The number of hydrogen-bond donors (Lipinski definition) is 0. The molecule has 0 radical (unpaired) electrons. The van der Waals surface area contributed by atoms with Crippen molar-refractivity contribution in [1.29, 1.82) is 0 Å². The molecule has 0 aromatic heterocycles. The molecule has 0 unspecified atom stereocenters. The Morgan fingerprint density at radius 3 is 1.64 bits per heavy atom. The topological polar surface area (TPSA) is 18.5 Å². The minimum Gasteiger partial charge on any atom is -0.540 e. The molecule has 0 heterocycles. The van der Waals surface area contributed by atoms with E-state index in [0.717, 1.165) is 0 Å². The molecule has 0 aliphatic heterocycles. The second-order valence-electron chi connectivity index (χ2n) is 6.49. The molecule has 0 amide bonds. The number of benzene rings is 2. The fraction of sp³-hybridized carbons (Fsp3) is 0.250. The summed E-state index contributed by atoms with van der Waals surface area (Å²) in [7, 11) is -2.58. The van der Waals surface area contributed by atoms with Crippen molar-refractivity contribution < 1.29 is 48.7 Å². The predicted molar refractivity (Wildman–Crippen MR) is 81.7 cm³/mol. The maximum absolute atomic E-state index is 14.1. The van der Waals surface area contributed by atoms with Crippen LogP contribution in [0.1, 0.15) is 5.56 Å². The van der Waals surface area contributed by atoms with Gasteiger partial charge in [-0.25, -0.2) is 13.2 Å². The van der Waals surface area contributed by atoms with E-state index in [1.54, 1.807) is 0 Å². The van der Waals surface area contributed by atoms with Gasteiger partial charge in [-0.3, -0.25) is 0 Å². The molecule has 2 aromatic carbocycles. The Kier molecular flexibility index (Phi) is 5.65. The summed E-state index contributed by atoms with van der Waals surface area (Å²) in [5.74, 6) is -16.4. The van der Waals surface area contributed by atoms with Crippen LogP contribution < -0.4 is 9.16 Å². The molecule has 0 atom stereocenters. The van der Waals surface area contributed by atoms with Gasteiger partial charge in [-0.1, -0.05) is 0 Å². The number of ether oxygens (including phenoxy) is 1. The van der Waals surface area contributed by atoms with Gasteiger partial charge in [0.05, 0.1) is 0 Å². The van der Waals surface area contributed by atoms with Gasteiger partial charge in [0.1, 0.15) is 11.4 Å². The largest absolute Gasteiger partial charge is 0.540 e. The molecule has 0 fully saturated rings. The molecule has 0 saturated heterocycles. The van der Waals surface area contributed by atoms with Crippen LogP contribution in [0.2, 0.25) is 19.6 Å². The molecule has 154 valence electrons. The minimum atomic E-state index is -5.56. The Balaban J connectivity index is 2.53. The molecule has 0 spiro atoms.